The van der Waals surface area contributed by atoms with Crippen LogP contribution < -0.4 is 10.1 Å². The molecule has 4 nitrogen and oxygen atoms in total. The van der Waals surface area contributed by atoms with Gasteiger partial charge in [-0.3, -0.25) is 4.79 Å². The van der Waals surface area contributed by atoms with Crippen molar-refractivity contribution in [1.29, 1.82) is 0 Å². The Hall–Kier alpha value is -2.56. The lowest BCUT2D eigenvalue weighted by Crippen LogP contribution is -2.22. The van der Waals surface area contributed by atoms with Crippen molar-refractivity contribution in [3.05, 3.63) is 88.0 Å². The normalized spacial score (nSPS) is 10.3. The third-order valence-corrected chi connectivity index (χ3v) is 4.00. The number of carbonyl (C=O) groups excluding carboxylic acids is 1. The number of amides is 1. The number of ether oxygens (including phenoxy) is 1. The standard InChI is InChI=1S/C19H14Cl2N2O2/c20-15-8-7-14(17(21)11-15)12-23-19(24)13-4-3-5-16(10-13)25-18-6-1-2-9-22-18/h1-11H,12H2,(H,23,24). The van der Waals surface area contributed by atoms with E-state index in [1.54, 1.807) is 60.8 Å². The average molecular weight is 373 g/mol. The lowest BCUT2D eigenvalue weighted by Gasteiger charge is -2.09. The highest BCUT2D eigenvalue weighted by Crippen LogP contribution is 2.22. The van der Waals surface area contributed by atoms with Gasteiger partial charge in [0, 0.05) is 34.4 Å². The van der Waals surface area contributed by atoms with Gasteiger partial charge in [-0.2, -0.15) is 0 Å². The second-order valence-electron chi connectivity index (χ2n) is 5.22. The zero-order valence-corrected chi connectivity index (χ0v) is 14.6. The number of rotatable bonds is 5. The number of nitrogens with zero attached hydrogens (tertiary/aromatic N) is 1. The van der Waals surface area contributed by atoms with E-state index < -0.39 is 0 Å². The maximum atomic E-state index is 12.3. The molecule has 0 fully saturated rings. The Kier molecular flexibility index (Phi) is 5.53. The van der Waals surface area contributed by atoms with Gasteiger partial charge in [-0.1, -0.05) is 41.4 Å². The number of pyridine rings is 1. The minimum atomic E-state index is -0.225. The van der Waals surface area contributed by atoms with Crippen molar-refractivity contribution in [2.45, 2.75) is 6.54 Å². The van der Waals surface area contributed by atoms with E-state index in [4.69, 9.17) is 27.9 Å². The first-order valence-electron chi connectivity index (χ1n) is 7.53. The first-order chi connectivity index (χ1) is 12.1. The van der Waals surface area contributed by atoms with Crippen LogP contribution in [0.5, 0.6) is 11.6 Å². The van der Waals surface area contributed by atoms with Crippen LogP contribution in [0.3, 0.4) is 0 Å². The van der Waals surface area contributed by atoms with Gasteiger partial charge in [-0.25, -0.2) is 4.98 Å². The molecule has 3 aromatic rings. The minimum absolute atomic E-state index is 0.225. The lowest BCUT2D eigenvalue weighted by molar-refractivity contribution is 0.0950. The summed E-state index contributed by atoms with van der Waals surface area (Å²) in [4.78, 5) is 16.4. The predicted molar refractivity (Wildman–Crippen MR) is 98.4 cm³/mol. The molecule has 1 amide bonds. The summed E-state index contributed by atoms with van der Waals surface area (Å²) < 4.78 is 5.64. The molecule has 1 aromatic heterocycles. The van der Waals surface area contributed by atoms with E-state index in [1.165, 1.54) is 0 Å². The van der Waals surface area contributed by atoms with E-state index in [9.17, 15) is 4.79 Å². The van der Waals surface area contributed by atoms with Crippen molar-refractivity contribution in [2.24, 2.45) is 0 Å². The number of nitrogens with one attached hydrogen (secondary N) is 1. The van der Waals surface area contributed by atoms with Gasteiger partial charge < -0.3 is 10.1 Å². The lowest BCUT2D eigenvalue weighted by atomic mass is 10.2. The van der Waals surface area contributed by atoms with Gasteiger partial charge in [0.1, 0.15) is 5.75 Å². The highest BCUT2D eigenvalue weighted by atomic mass is 35.5. The molecular formula is C19H14Cl2N2O2. The molecule has 0 spiro atoms. The molecular weight excluding hydrogens is 359 g/mol. The summed E-state index contributed by atoms with van der Waals surface area (Å²) >= 11 is 12.0. The molecule has 0 atom stereocenters. The molecule has 0 aliphatic rings. The number of hydrogen-bond donors (Lipinski definition) is 1. The van der Waals surface area contributed by atoms with Gasteiger partial charge in [-0.05, 0) is 42.0 Å². The van der Waals surface area contributed by atoms with Crippen LogP contribution in [0.25, 0.3) is 0 Å². The molecule has 0 radical (unpaired) electrons. The van der Waals surface area contributed by atoms with Gasteiger partial charge in [-0.15, -0.1) is 0 Å². The Labute approximate surface area is 155 Å². The first kappa shape index (κ1) is 17.3. The fourth-order valence-electron chi connectivity index (χ4n) is 2.17. The molecule has 0 aliphatic heterocycles. The molecule has 3 rings (SSSR count). The SMILES string of the molecule is O=C(NCc1ccc(Cl)cc1Cl)c1cccc(Oc2ccccn2)c1. The Bertz CT molecular complexity index is 886. The Morgan fingerprint density at radius 3 is 2.68 bits per heavy atom. The van der Waals surface area contributed by atoms with Gasteiger partial charge in [0.2, 0.25) is 5.88 Å². The number of hydrogen-bond acceptors (Lipinski definition) is 3. The zero-order chi connectivity index (χ0) is 17.6. The first-order valence-corrected chi connectivity index (χ1v) is 8.28. The Morgan fingerprint density at radius 2 is 1.92 bits per heavy atom. The minimum Gasteiger partial charge on any atom is -0.439 e. The predicted octanol–water partition coefficient (Wildman–Crippen LogP) is 5.11. The third-order valence-electron chi connectivity index (χ3n) is 3.41. The smallest absolute Gasteiger partial charge is 0.251 e. The molecule has 1 N–H and O–H groups in total. The molecule has 1 heterocycles. The van der Waals surface area contributed by atoms with Crippen LogP contribution in [0.1, 0.15) is 15.9 Å². The summed E-state index contributed by atoms with van der Waals surface area (Å²) in [6, 6.07) is 17.4. The molecule has 2 aromatic carbocycles. The van der Waals surface area contributed by atoms with Crippen LogP contribution in [0, 0.1) is 0 Å². The van der Waals surface area contributed by atoms with Crippen molar-refractivity contribution in [1.82, 2.24) is 10.3 Å². The highest BCUT2D eigenvalue weighted by Gasteiger charge is 2.09. The summed E-state index contributed by atoms with van der Waals surface area (Å²) in [5, 5.41) is 3.90. The van der Waals surface area contributed by atoms with Crippen molar-refractivity contribution < 1.29 is 9.53 Å². The highest BCUT2D eigenvalue weighted by molar-refractivity contribution is 6.35. The van der Waals surface area contributed by atoms with E-state index in [0.717, 1.165) is 5.56 Å². The summed E-state index contributed by atoms with van der Waals surface area (Å²) in [5.74, 6) is 0.779. The fourth-order valence-corrected chi connectivity index (χ4v) is 2.65. The van der Waals surface area contributed by atoms with E-state index in [2.05, 4.69) is 10.3 Å². The zero-order valence-electron chi connectivity index (χ0n) is 13.1. The summed E-state index contributed by atoms with van der Waals surface area (Å²) in [6.07, 6.45) is 1.64. The van der Waals surface area contributed by atoms with Gasteiger partial charge >= 0.3 is 0 Å². The van der Waals surface area contributed by atoms with Crippen LogP contribution in [0.15, 0.2) is 66.9 Å². The maximum absolute atomic E-state index is 12.3. The fraction of sp³-hybridized carbons (Fsp3) is 0.0526. The van der Waals surface area contributed by atoms with Gasteiger partial charge in [0.05, 0.1) is 0 Å². The van der Waals surface area contributed by atoms with Crippen LogP contribution in [0.2, 0.25) is 10.0 Å². The number of halogens is 2. The number of benzene rings is 2. The van der Waals surface area contributed by atoms with E-state index in [-0.39, 0.29) is 5.91 Å². The topological polar surface area (TPSA) is 51.2 Å². The molecule has 0 saturated carbocycles. The van der Waals surface area contributed by atoms with Crippen molar-refractivity contribution in [3.8, 4) is 11.6 Å². The van der Waals surface area contributed by atoms with Crippen LogP contribution in [-0.4, -0.2) is 10.9 Å². The van der Waals surface area contributed by atoms with Crippen LogP contribution >= 0.6 is 23.2 Å². The second-order valence-corrected chi connectivity index (χ2v) is 6.06. The maximum Gasteiger partial charge on any atom is 0.251 e. The van der Waals surface area contributed by atoms with Crippen molar-refractivity contribution in [3.63, 3.8) is 0 Å². The number of carbonyl (C=O) groups is 1. The number of aromatic nitrogens is 1. The third kappa shape index (κ3) is 4.72. The molecule has 25 heavy (non-hydrogen) atoms. The largest absolute Gasteiger partial charge is 0.439 e. The molecule has 126 valence electrons. The van der Waals surface area contributed by atoms with E-state index in [1.807, 2.05) is 6.07 Å². The van der Waals surface area contributed by atoms with Gasteiger partial charge in [0.15, 0.2) is 0 Å². The van der Waals surface area contributed by atoms with E-state index in [0.29, 0.717) is 33.8 Å². The summed E-state index contributed by atoms with van der Waals surface area (Å²) in [6.45, 7) is 0.306. The van der Waals surface area contributed by atoms with Crippen molar-refractivity contribution in [2.75, 3.05) is 0 Å². The summed E-state index contributed by atoms with van der Waals surface area (Å²) in [7, 11) is 0. The Morgan fingerprint density at radius 1 is 1.04 bits per heavy atom. The monoisotopic (exact) mass is 372 g/mol. The molecule has 0 saturated heterocycles. The second kappa shape index (κ2) is 8.01. The quantitative estimate of drug-likeness (QED) is 0.676. The average Bonchev–Trinajstić information content (AvgIpc) is 2.62. The molecule has 0 unspecified atom stereocenters. The molecule has 0 aliphatic carbocycles. The van der Waals surface area contributed by atoms with Crippen molar-refractivity contribution >= 4 is 29.1 Å². The summed E-state index contributed by atoms with van der Waals surface area (Å²) in [5.41, 5.74) is 1.28. The molecule has 6 heteroatoms. The van der Waals surface area contributed by atoms with Crippen LogP contribution in [-0.2, 0) is 6.54 Å². The molecule has 0 bridgehead atoms. The van der Waals surface area contributed by atoms with E-state index >= 15 is 0 Å². The van der Waals surface area contributed by atoms with Crippen LogP contribution in [0.4, 0.5) is 0 Å². The Balaban J connectivity index is 1.67. The van der Waals surface area contributed by atoms with Gasteiger partial charge in [0.25, 0.3) is 5.91 Å².